The molecule has 0 radical (unpaired) electrons. The minimum Gasteiger partial charge on any atom is -0.310 e. The Morgan fingerprint density at radius 3 is 2.76 bits per heavy atom. The molecular formula is C15H22BrN. The van der Waals surface area contributed by atoms with Crippen molar-refractivity contribution in [1.82, 2.24) is 5.32 Å². The second-order valence-electron chi connectivity index (χ2n) is 5.12. The molecule has 2 heteroatoms. The van der Waals surface area contributed by atoms with Crippen LogP contribution in [0.2, 0.25) is 0 Å². The van der Waals surface area contributed by atoms with Gasteiger partial charge in [0.25, 0.3) is 0 Å². The quantitative estimate of drug-likeness (QED) is 0.837. The van der Waals surface area contributed by atoms with Crippen molar-refractivity contribution in [3.63, 3.8) is 0 Å². The molecule has 0 aromatic heterocycles. The van der Waals surface area contributed by atoms with Crippen LogP contribution in [0.5, 0.6) is 0 Å². The molecule has 1 atom stereocenters. The number of rotatable bonds is 5. The molecule has 1 aliphatic rings. The Hall–Kier alpha value is -0.340. The number of benzene rings is 1. The Morgan fingerprint density at radius 2 is 2.18 bits per heavy atom. The first-order valence-corrected chi connectivity index (χ1v) is 7.50. The van der Waals surface area contributed by atoms with Gasteiger partial charge in [-0.05, 0) is 36.9 Å². The van der Waals surface area contributed by atoms with E-state index in [1.807, 2.05) is 0 Å². The SMILES string of the molecule is CCNC(CC1CCC1)c1cccc(C)c1Br. The Bertz CT molecular complexity index is 371. The summed E-state index contributed by atoms with van der Waals surface area (Å²) in [6.07, 6.45) is 5.56. The summed E-state index contributed by atoms with van der Waals surface area (Å²) in [6, 6.07) is 7.10. The predicted octanol–water partition coefficient (Wildman–Crippen LogP) is 4.60. The molecule has 1 aliphatic carbocycles. The van der Waals surface area contributed by atoms with Crippen LogP contribution in [0.4, 0.5) is 0 Å². The zero-order valence-electron chi connectivity index (χ0n) is 10.8. The molecule has 1 aromatic carbocycles. The lowest BCUT2D eigenvalue weighted by molar-refractivity contribution is 0.262. The number of nitrogens with one attached hydrogen (secondary N) is 1. The molecule has 2 rings (SSSR count). The smallest absolute Gasteiger partial charge is 0.0334 e. The van der Waals surface area contributed by atoms with Crippen molar-refractivity contribution >= 4 is 15.9 Å². The third-order valence-electron chi connectivity index (χ3n) is 3.84. The van der Waals surface area contributed by atoms with E-state index in [0.29, 0.717) is 6.04 Å². The van der Waals surface area contributed by atoms with Crippen molar-refractivity contribution in [2.75, 3.05) is 6.54 Å². The molecule has 94 valence electrons. The van der Waals surface area contributed by atoms with Crippen molar-refractivity contribution in [1.29, 1.82) is 0 Å². The average molecular weight is 296 g/mol. The van der Waals surface area contributed by atoms with Gasteiger partial charge >= 0.3 is 0 Å². The van der Waals surface area contributed by atoms with Gasteiger partial charge in [-0.15, -0.1) is 0 Å². The fourth-order valence-electron chi connectivity index (χ4n) is 2.57. The second-order valence-corrected chi connectivity index (χ2v) is 5.91. The van der Waals surface area contributed by atoms with E-state index in [1.54, 1.807) is 0 Å². The highest BCUT2D eigenvalue weighted by atomic mass is 79.9. The summed E-state index contributed by atoms with van der Waals surface area (Å²) in [5, 5.41) is 3.64. The van der Waals surface area contributed by atoms with Crippen LogP contribution in [0.1, 0.15) is 49.8 Å². The Morgan fingerprint density at radius 1 is 1.41 bits per heavy atom. The molecule has 1 aromatic rings. The minimum atomic E-state index is 0.513. The van der Waals surface area contributed by atoms with E-state index in [-0.39, 0.29) is 0 Å². The van der Waals surface area contributed by atoms with Crippen LogP contribution < -0.4 is 5.32 Å². The minimum absolute atomic E-state index is 0.513. The molecule has 0 aliphatic heterocycles. The lowest BCUT2D eigenvalue weighted by Crippen LogP contribution is -2.26. The van der Waals surface area contributed by atoms with Gasteiger partial charge in [0.1, 0.15) is 0 Å². The number of hydrogen-bond acceptors (Lipinski definition) is 1. The Kier molecular flexibility index (Phi) is 4.63. The maximum atomic E-state index is 3.74. The van der Waals surface area contributed by atoms with Gasteiger partial charge in [0.2, 0.25) is 0 Å². The van der Waals surface area contributed by atoms with Gasteiger partial charge < -0.3 is 5.32 Å². The molecule has 1 unspecified atom stereocenters. The summed E-state index contributed by atoms with van der Waals surface area (Å²) >= 11 is 3.74. The molecule has 0 heterocycles. The standard InChI is InChI=1S/C15H22BrN/c1-3-17-14(10-12-7-5-8-12)13-9-4-6-11(2)15(13)16/h4,6,9,12,14,17H,3,5,7-8,10H2,1-2H3. The largest absolute Gasteiger partial charge is 0.310 e. The average Bonchev–Trinajstić information content (AvgIpc) is 2.26. The fourth-order valence-corrected chi connectivity index (χ4v) is 3.11. The first-order valence-electron chi connectivity index (χ1n) is 6.70. The predicted molar refractivity (Wildman–Crippen MR) is 77.3 cm³/mol. The van der Waals surface area contributed by atoms with Gasteiger partial charge in [0.05, 0.1) is 0 Å². The first kappa shape index (κ1) is 13.1. The normalized spacial score (nSPS) is 17.8. The molecule has 1 nitrogen and oxygen atoms in total. The molecule has 1 N–H and O–H groups in total. The highest BCUT2D eigenvalue weighted by Gasteiger charge is 2.23. The van der Waals surface area contributed by atoms with Crippen molar-refractivity contribution in [3.8, 4) is 0 Å². The zero-order valence-corrected chi connectivity index (χ0v) is 12.4. The van der Waals surface area contributed by atoms with E-state index in [9.17, 15) is 0 Å². The number of halogens is 1. The van der Waals surface area contributed by atoms with Crippen LogP contribution in [0.3, 0.4) is 0 Å². The lowest BCUT2D eigenvalue weighted by Gasteiger charge is -2.31. The van der Waals surface area contributed by atoms with Crippen molar-refractivity contribution < 1.29 is 0 Å². The second kappa shape index (κ2) is 6.01. The number of aryl methyl sites for hydroxylation is 1. The maximum absolute atomic E-state index is 3.74. The van der Waals surface area contributed by atoms with E-state index >= 15 is 0 Å². The van der Waals surface area contributed by atoms with Crippen molar-refractivity contribution in [3.05, 3.63) is 33.8 Å². The van der Waals surface area contributed by atoms with Gasteiger partial charge in [0, 0.05) is 10.5 Å². The highest BCUT2D eigenvalue weighted by molar-refractivity contribution is 9.10. The Balaban J connectivity index is 2.15. The third kappa shape index (κ3) is 3.11. The summed E-state index contributed by atoms with van der Waals surface area (Å²) in [7, 11) is 0. The van der Waals surface area contributed by atoms with Crippen molar-refractivity contribution in [2.24, 2.45) is 5.92 Å². The molecule has 0 amide bonds. The van der Waals surface area contributed by atoms with E-state index in [0.717, 1.165) is 12.5 Å². The van der Waals surface area contributed by atoms with E-state index in [4.69, 9.17) is 0 Å². The topological polar surface area (TPSA) is 12.0 Å². The van der Waals surface area contributed by atoms with Crippen molar-refractivity contribution in [2.45, 2.75) is 45.6 Å². The third-order valence-corrected chi connectivity index (χ3v) is 4.92. The van der Waals surface area contributed by atoms with Gasteiger partial charge in [0.15, 0.2) is 0 Å². The van der Waals surface area contributed by atoms with Crippen LogP contribution >= 0.6 is 15.9 Å². The molecule has 17 heavy (non-hydrogen) atoms. The van der Waals surface area contributed by atoms with Crippen LogP contribution in [0, 0.1) is 12.8 Å². The fraction of sp³-hybridized carbons (Fsp3) is 0.600. The first-order chi connectivity index (χ1) is 8.22. The van der Waals surface area contributed by atoms with Gasteiger partial charge in [-0.3, -0.25) is 0 Å². The molecule has 0 spiro atoms. The van der Waals surface area contributed by atoms with E-state index in [2.05, 4.69) is 53.3 Å². The van der Waals surface area contributed by atoms with Gasteiger partial charge in [-0.2, -0.15) is 0 Å². The number of hydrogen-bond donors (Lipinski definition) is 1. The van der Waals surface area contributed by atoms with E-state index in [1.165, 1.54) is 41.3 Å². The monoisotopic (exact) mass is 295 g/mol. The van der Waals surface area contributed by atoms with Crippen LogP contribution in [-0.2, 0) is 0 Å². The van der Waals surface area contributed by atoms with Crippen LogP contribution in [0.15, 0.2) is 22.7 Å². The lowest BCUT2D eigenvalue weighted by atomic mass is 9.79. The summed E-state index contributed by atoms with van der Waals surface area (Å²) in [4.78, 5) is 0. The zero-order chi connectivity index (χ0) is 12.3. The Labute approximate surface area is 113 Å². The summed E-state index contributed by atoms with van der Waals surface area (Å²) in [6.45, 7) is 5.40. The van der Waals surface area contributed by atoms with Gasteiger partial charge in [-0.25, -0.2) is 0 Å². The molecule has 0 saturated heterocycles. The van der Waals surface area contributed by atoms with Gasteiger partial charge in [-0.1, -0.05) is 60.3 Å². The molecular weight excluding hydrogens is 274 g/mol. The molecule has 1 fully saturated rings. The summed E-state index contributed by atoms with van der Waals surface area (Å²) in [5.74, 6) is 0.937. The highest BCUT2D eigenvalue weighted by Crippen LogP contribution is 2.37. The molecule has 0 bridgehead atoms. The summed E-state index contributed by atoms with van der Waals surface area (Å²) < 4.78 is 1.28. The van der Waals surface area contributed by atoms with Crippen LogP contribution in [-0.4, -0.2) is 6.54 Å². The van der Waals surface area contributed by atoms with Crippen LogP contribution in [0.25, 0.3) is 0 Å². The summed E-state index contributed by atoms with van der Waals surface area (Å²) in [5.41, 5.74) is 2.76. The van der Waals surface area contributed by atoms with E-state index < -0.39 is 0 Å². The molecule has 1 saturated carbocycles. The maximum Gasteiger partial charge on any atom is 0.0334 e.